The molecule has 164 valence electrons. The monoisotopic (exact) mass is 420 g/mol. The van der Waals surface area contributed by atoms with Gasteiger partial charge in [0.05, 0.1) is 0 Å². The predicted octanol–water partition coefficient (Wildman–Crippen LogP) is 4.15. The van der Waals surface area contributed by atoms with Crippen LogP contribution in [0.25, 0.3) is 0 Å². The molecular formula is C25H32N4O2. The molecule has 0 radical (unpaired) electrons. The summed E-state index contributed by atoms with van der Waals surface area (Å²) in [5.41, 5.74) is 2.19. The fourth-order valence-electron chi connectivity index (χ4n) is 4.65. The van der Waals surface area contributed by atoms with Gasteiger partial charge in [-0.05, 0) is 43.0 Å². The number of carbonyl (C=O) groups excluding carboxylic acids is 2. The first-order chi connectivity index (χ1) is 15.2. The average Bonchev–Trinajstić information content (AvgIpc) is 3.27. The van der Waals surface area contributed by atoms with Crippen LogP contribution >= 0.6 is 0 Å². The Kier molecular flexibility index (Phi) is 7.20. The molecule has 3 amide bonds. The lowest BCUT2D eigenvalue weighted by Gasteiger charge is -2.31. The van der Waals surface area contributed by atoms with Crippen molar-refractivity contribution >= 4 is 17.6 Å². The van der Waals surface area contributed by atoms with Gasteiger partial charge in [0.25, 0.3) is 5.91 Å². The van der Waals surface area contributed by atoms with E-state index < -0.39 is 0 Å². The summed E-state index contributed by atoms with van der Waals surface area (Å²) in [6, 6.07) is 17.5. The molecule has 6 nitrogen and oxygen atoms in total. The lowest BCUT2D eigenvalue weighted by molar-refractivity contribution is 0.0951. The highest BCUT2D eigenvalue weighted by Crippen LogP contribution is 2.25. The molecule has 1 heterocycles. The number of hydrogen-bond donors (Lipinski definition) is 3. The number of carbonyl (C=O) groups is 2. The van der Waals surface area contributed by atoms with Crippen molar-refractivity contribution in [3.8, 4) is 0 Å². The first-order valence-electron chi connectivity index (χ1n) is 11.4. The number of amides is 3. The van der Waals surface area contributed by atoms with Gasteiger partial charge in [0, 0.05) is 43.0 Å². The van der Waals surface area contributed by atoms with Crippen molar-refractivity contribution in [3.05, 3.63) is 65.7 Å². The number of likely N-dealkylation sites (tertiary alicyclic amines) is 1. The maximum atomic E-state index is 12.5. The molecule has 1 aliphatic heterocycles. The molecule has 2 aromatic carbocycles. The van der Waals surface area contributed by atoms with Crippen molar-refractivity contribution < 1.29 is 9.59 Å². The van der Waals surface area contributed by atoms with Crippen LogP contribution < -0.4 is 16.0 Å². The van der Waals surface area contributed by atoms with E-state index in [-0.39, 0.29) is 18.0 Å². The normalized spacial score (nSPS) is 19.7. The highest BCUT2D eigenvalue weighted by molar-refractivity contribution is 5.96. The van der Waals surface area contributed by atoms with Crippen LogP contribution in [-0.2, 0) is 6.54 Å². The fourth-order valence-corrected chi connectivity index (χ4v) is 4.65. The minimum absolute atomic E-state index is 0.160. The highest BCUT2D eigenvalue weighted by Gasteiger charge is 2.29. The second-order valence-electron chi connectivity index (χ2n) is 8.62. The number of nitrogens with zero attached hydrogens (tertiary/aromatic N) is 1. The van der Waals surface area contributed by atoms with E-state index in [1.54, 1.807) is 24.3 Å². The Labute approximate surface area is 184 Å². The van der Waals surface area contributed by atoms with Gasteiger partial charge in [0.1, 0.15) is 0 Å². The molecule has 0 aromatic heterocycles. The molecule has 1 unspecified atom stereocenters. The van der Waals surface area contributed by atoms with E-state index >= 15 is 0 Å². The van der Waals surface area contributed by atoms with E-state index in [0.717, 1.165) is 25.1 Å². The summed E-state index contributed by atoms with van der Waals surface area (Å²) in [5, 5.41) is 8.90. The average molecular weight is 421 g/mol. The van der Waals surface area contributed by atoms with Crippen LogP contribution in [0.3, 0.4) is 0 Å². The summed E-state index contributed by atoms with van der Waals surface area (Å²) in [4.78, 5) is 27.5. The topological polar surface area (TPSA) is 73.5 Å². The zero-order chi connectivity index (χ0) is 21.5. The van der Waals surface area contributed by atoms with Crippen LogP contribution in [-0.4, -0.2) is 42.0 Å². The molecule has 1 aliphatic carbocycles. The van der Waals surface area contributed by atoms with Crippen molar-refractivity contribution in [2.75, 3.05) is 18.4 Å². The minimum atomic E-state index is -0.211. The van der Waals surface area contributed by atoms with E-state index in [9.17, 15) is 9.59 Å². The van der Waals surface area contributed by atoms with E-state index in [1.165, 1.54) is 32.1 Å². The van der Waals surface area contributed by atoms with E-state index in [2.05, 4.69) is 20.9 Å². The van der Waals surface area contributed by atoms with Crippen LogP contribution in [0.15, 0.2) is 54.6 Å². The summed E-state index contributed by atoms with van der Waals surface area (Å²) < 4.78 is 0. The van der Waals surface area contributed by atoms with E-state index in [4.69, 9.17) is 0 Å². The molecule has 6 heteroatoms. The molecule has 0 spiro atoms. The van der Waals surface area contributed by atoms with Crippen molar-refractivity contribution in [2.45, 2.75) is 57.2 Å². The number of hydrogen-bond acceptors (Lipinski definition) is 3. The van der Waals surface area contributed by atoms with Crippen molar-refractivity contribution in [1.29, 1.82) is 0 Å². The highest BCUT2D eigenvalue weighted by atomic mass is 16.2. The van der Waals surface area contributed by atoms with Crippen LogP contribution in [0.2, 0.25) is 0 Å². The van der Waals surface area contributed by atoms with E-state index in [0.29, 0.717) is 23.8 Å². The van der Waals surface area contributed by atoms with Crippen LogP contribution in [0.5, 0.6) is 0 Å². The second kappa shape index (κ2) is 10.4. The lowest BCUT2D eigenvalue weighted by Crippen LogP contribution is -2.42. The first-order valence-corrected chi connectivity index (χ1v) is 11.4. The Morgan fingerprint density at radius 2 is 1.74 bits per heavy atom. The second-order valence-corrected chi connectivity index (χ2v) is 8.62. The number of benzene rings is 2. The minimum Gasteiger partial charge on any atom is -0.348 e. The number of nitrogens with one attached hydrogen (secondary N) is 3. The molecule has 2 fully saturated rings. The first kappa shape index (κ1) is 21.4. The molecule has 31 heavy (non-hydrogen) atoms. The van der Waals surface area contributed by atoms with Crippen LogP contribution in [0, 0.1) is 0 Å². The third-order valence-corrected chi connectivity index (χ3v) is 6.32. The van der Waals surface area contributed by atoms with Gasteiger partial charge in [-0.1, -0.05) is 55.7 Å². The van der Waals surface area contributed by atoms with Gasteiger partial charge in [-0.25, -0.2) is 4.79 Å². The summed E-state index contributed by atoms with van der Waals surface area (Å²) in [5.74, 6) is -0.160. The lowest BCUT2D eigenvalue weighted by atomic mass is 9.94. The molecule has 3 N–H and O–H groups in total. The van der Waals surface area contributed by atoms with Gasteiger partial charge in [-0.15, -0.1) is 0 Å². The molecule has 1 saturated carbocycles. The molecule has 2 aromatic rings. The summed E-state index contributed by atoms with van der Waals surface area (Å²) in [7, 11) is 0. The Balaban J connectivity index is 1.25. The van der Waals surface area contributed by atoms with Crippen molar-refractivity contribution in [2.24, 2.45) is 0 Å². The Bertz CT molecular complexity index is 880. The molecule has 1 atom stereocenters. The fraction of sp³-hybridized carbons (Fsp3) is 0.440. The van der Waals surface area contributed by atoms with Gasteiger partial charge in [0.2, 0.25) is 0 Å². The van der Waals surface area contributed by atoms with Crippen molar-refractivity contribution in [3.63, 3.8) is 0 Å². The SMILES string of the molecule is O=C(Nc1cccc(C(=O)NCc2ccccc2)c1)NC1CCN(C2CCCCC2)C1. The quantitative estimate of drug-likeness (QED) is 0.657. The Morgan fingerprint density at radius 3 is 2.55 bits per heavy atom. The van der Waals surface area contributed by atoms with Gasteiger partial charge in [-0.3, -0.25) is 9.69 Å². The van der Waals surface area contributed by atoms with Gasteiger partial charge < -0.3 is 16.0 Å². The zero-order valence-corrected chi connectivity index (χ0v) is 18.0. The number of anilines is 1. The van der Waals surface area contributed by atoms with Gasteiger partial charge in [-0.2, -0.15) is 0 Å². The predicted molar refractivity (Wildman–Crippen MR) is 123 cm³/mol. The standard InChI is InChI=1S/C25H32N4O2/c30-24(26-17-19-8-3-1-4-9-19)20-10-7-11-21(16-20)27-25(31)28-22-14-15-29(18-22)23-12-5-2-6-13-23/h1,3-4,7-11,16,22-23H,2,5-6,12-15,17-18H2,(H,26,30)(H2,27,28,31). The Hall–Kier alpha value is -2.86. The van der Waals surface area contributed by atoms with E-state index in [1.807, 2.05) is 30.3 Å². The molecule has 4 rings (SSSR count). The largest absolute Gasteiger partial charge is 0.348 e. The third kappa shape index (κ3) is 6.07. The van der Waals surface area contributed by atoms with Crippen LogP contribution in [0.4, 0.5) is 10.5 Å². The third-order valence-electron chi connectivity index (χ3n) is 6.32. The zero-order valence-electron chi connectivity index (χ0n) is 18.0. The number of rotatable bonds is 6. The Morgan fingerprint density at radius 1 is 0.935 bits per heavy atom. The van der Waals surface area contributed by atoms with Crippen LogP contribution in [0.1, 0.15) is 54.4 Å². The molecule has 1 saturated heterocycles. The van der Waals surface area contributed by atoms with Gasteiger partial charge in [0.15, 0.2) is 0 Å². The summed E-state index contributed by atoms with van der Waals surface area (Å²) in [6.07, 6.45) is 7.59. The molecule has 2 aliphatic rings. The maximum absolute atomic E-state index is 12.5. The summed E-state index contributed by atoms with van der Waals surface area (Å²) >= 11 is 0. The van der Waals surface area contributed by atoms with Crippen molar-refractivity contribution in [1.82, 2.24) is 15.5 Å². The summed E-state index contributed by atoms with van der Waals surface area (Å²) in [6.45, 7) is 2.46. The number of urea groups is 1. The van der Waals surface area contributed by atoms with Gasteiger partial charge >= 0.3 is 6.03 Å². The molecule has 0 bridgehead atoms. The smallest absolute Gasteiger partial charge is 0.319 e. The molecular weight excluding hydrogens is 388 g/mol. The maximum Gasteiger partial charge on any atom is 0.319 e.